The maximum Gasteiger partial charge on any atom is 0.269 e. The molecule has 1 amide bonds. The number of aromatic nitrogens is 2. The van der Waals surface area contributed by atoms with E-state index < -0.39 is 0 Å². The number of nitrogens with zero attached hydrogens (tertiary/aromatic N) is 2. The van der Waals surface area contributed by atoms with Crippen LogP contribution in [0.3, 0.4) is 0 Å². The van der Waals surface area contributed by atoms with Gasteiger partial charge in [-0.1, -0.05) is 6.92 Å². The highest BCUT2D eigenvalue weighted by atomic mass is 16.3. The molecule has 0 bridgehead atoms. The van der Waals surface area contributed by atoms with E-state index in [9.17, 15) is 4.79 Å². The highest BCUT2D eigenvalue weighted by molar-refractivity contribution is 5.92. The van der Waals surface area contributed by atoms with Gasteiger partial charge in [0.25, 0.3) is 5.91 Å². The van der Waals surface area contributed by atoms with E-state index in [-0.39, 0.29) is 18.6 Å². The molecule has 1 atom stereocenters. The van der Waals surface area contributed by atoms with Gasteiger partial charge in [0.15, 0.2) is 0 Å². The summed E-state index contributed by atoms with van der Waals surface area (Å²) in [7, 11) is 1.72. The maximum absolute atomic E-state index is 11.7. The summed E-state index contributed by atoms with van der Waals surface area (Å²) in [6, 6.07) is 1.53. The van der Waals surface area contributed by atoms with E-state index in [0.29, 0.717) is 12.1 Å². The quantitative estimate of drug-likeness (QED) is 0.749. The van der Waals surface area contributed by atoms with Crippen LogP contribution in [0, 0.1) is 6.92 Å². The van der Waals surface area contributed by atoms with Crippen molar-refractivity contribution in [2.75, 3.05) is 6.61 Å². The third-order valence-electron chi connectivity index (χ3n) is 2.28. The van der Waals surface area contributed by atoms with E-state index in [1.54, 1.807) is 13.1 Å². The second-order valence-electron chi connectivity index (χ2n) is 3.56. The fourth-order valence-electron chi connectivity index (χ4n) is 1.36. The Hall–Kier alpha value is -1.36. The number of hydrogen-bond donors (Lipinski definition) is 2. The Morgan fingerprint density at radius 3 is 2.80 bits per heavy atom. The molecule has 0 radical (unpaired) electrons. The van der Waals surface area contributed by atoms with E-state index >= 15 is 0 Å². The Morgan fingerprint density at radius 2 is 2.40 bits per heavy atom. The molecular formula is C10H17N3O2. The van der Waals surface area contributed by atoms with Crippen LogP contribution in [0.1, 0.15) is 29.5 Å². The number of nitrogens with one attached hydrogen (secondary N) is 1. The predicted molar refractivity (Wildman–Crippen MR) is 56.6 cm³/mol. The first-order chi connectivity index (χ1) is 7.08. The zero-order valence-electron chi connectivity index (χ0n) is 9.32. The van der Waals surface area contributed by atoms with Gasteiger partial charge in [-0.05, 0) is 19.4 Å². The van der Waals surface area contributed by atoms with Gasteiger partial charge in [0.05, 0.1) is 18.3 Å². The minimum atomic E-state index is -0.195. The molecule has 0 aliphatic carbocycles. The van der Waals surface area contributed by atoms with Crippen molar-refractivity contribution < 1.29 is 9.90 Å². The number of aryl methyl sites for hydroxylation is 2. The molecule has 0 saturated heterocycles. The van der Waals surface area contributed by atoms with Crippen LogP contribution in [-0.4, -0.2) is 33.4 Å². The average Bonchev–Trinajstić information content (AvgIpc) is 2.54. The summed E-state index contributed by atoms with van der Waals surface area (Å²) in [6.07, 6.45) is 0.707. The van der Waals surface area contributed by atoms with Gasteiger partial charge >= 0.3 is 0 Å². The first kappa shape index (κ1) is 11.7. The SMILES string of the molecule is CC[C@@H](CO)NC(=O)c1cc(C)nn1C. The molecule has 1 aromatic rings. The number of carbonyl (C=O) groups excluding carboxylic acids is 1. The number of amides is 1. The molecule has 0 spiro atoms. The van der Waals surface area contributed by atoms with Crippen molar-refractivity contribution in [3.63, 3.8) is 0 Å². The number of aliphatic hydroxyl groups is 1. The lowest BCUT2D eigenvalue weighted by molar-refractivity contribution is 0.0905. The average molecular weight is 211 g/mol. The monoisotopic (exact) mass is 211 g/mol. The van der Waals surface area contributed by atoms with Crippen molar-refractivity contribution >= 4 is 5.91 Å². The minimum Gasteiger partial charge on any atom is -0.394 e. The smallest absolute Gasteiger partial charge is 0.269 e. The van der Waals surface area contributed by atoms with Crippen LogP contribution in [-0.2, 0) is 7.05 Å². The van der Waals surface area contributed by atoms with Crippen LogP contribution in [0.2, 0.25) is 0 Å². The summed E-state index contributed by atoms with van der Waals surface area (Å²) in [6.45, 7) is 3.70. The first-order valence-electron chi connectivity index (χ1n) is 5.00. The third kappa shape index (κ3) is 2.79. The van der Waals surface area contributed by atoms with Gasteiger partial charge in [0.1, 0.15) is 5.69 Å². The molecule has 15 heavy (non-hydrogen) atoms. The van der Waals surface area contributed by atoms with Gasteiger partial charge in [-0.15, -0.1) is 0 Å². The molecule has 1 heterocycles. The van der Waals surface area contributed by atoms with Crippen molar-refractivity contribution in [1.29, 1.82) is 0 Å². The van der Waals surface area contributed by atoms with Crippen LogP contribution in [0.15, 0.2) is 6.07 Å². The normalized spacial score (nSPS) is 12.5. The molecule has 1 rings (SSSR count). The van der Waals surface area contributed by atoms with Crippen molar-refractivity contribution in [2.45, 2.75) is 26.3 Å². The van der Waals surface area contributed by atoms with E-state index in [1.165, 1.54) is 4.68 Å². The molecule has 5 heteroatoms. The summed E-state index contributed by atoms with van der Waals surface area (Å²) in [4.78, 5) is 11.7. The summed E-state index contributed by atoms with van der Waals surface area (Å²) in [5, 5.41) is 15.8. The highest BCUT2D eigenvalue weighted by Gasteiger charge is 2.14. The van der Waals surface area contributed by atoms with Crippen molar-refractivity contribution in [3.8, 4) is 0 Å². The zero-order valence-corrected chi connectivity index (χ0v) is 9.32. The van der Waals surface area contributed by atoms with Gasteiger partial charge in [-0.3, -0.25) is 9.48 Å². The fraction of sp³-hybridized carbons (Fsp3) is 0.600. The van der Waals surface area contributed by atoms with Gasteiger partial charge in [0.2, 0.25) is 0 Å². The zero-order chi connectivity index (χ0) is 11.4. The van der Waals surface area contributed by atoms with Crippen molar-refractivity contribution in [2.24, 2.45) is 7.05 Å². The molecule has 0 aromatic carbocycles. The first-order valence-corrected chi connectivity index (χ1v) is 5.00. The van der Waals surface area contributed by atoms with Gasteiger partial charge in [-0.2, -0.15) is 5.10 Å². The Bertz CT molecular complexity index is 342. The summed E-state index contributed by atoms with van der Waals surface area (Å²) in [5.41, 5.74) is 1.32. The number of hydrogen-bond acceptors (Lipinski definition) is 3. The predicted octanol–water partition coefficient (Wildman–Crippen LogP) is 0.229. The fourth-order valence-corrected chi connectivity index (χ4v) is 1.36. The Balaban J connectivity index is 2.72. The number of rotatable bonds is 4. The second kappa shape index (κ2) is 4.93. The van der Waals surface area contributed by atoms with Gasteiger partial charge in [0, 0.05) is 7.05 Å². The Labute approximate surface area is 89.1 Å². The van der Waals surface area contributed by atoms with Crippen molar-refractivity contribution in [1.82, 2.24) is 15.1 Å². The largest absolute Gasteiger partial charge is 0.394 e. The van der Waals surface area contributed by atoms with Crippen LogP contribution in [0.4, 0.5) is 0 Å². The highest BCUT2D eigenvalue weighted by Crippen LogP contribution is 2.02. The van der Waals surface area contributed by atoms with Crippen LogP contribution in [0.25, 0.3) is 0 Å². The molecule has 0 aliphatic rings. The number of carbonyl (C=O) groups is 1. The molecule has 5 nitrogen and oxygen atoms in total. The molecule has 1 aromatic heterocycles. The second-order valence-corrected chi connectivity index (χ2v) is 3.56. The van der Waals surface area contributed by atoms with Crippen LogP contribution in [0.5, 0.6) is 0 Å². The third-order valence-corrected chi connectivity index (χ3v) is 2.28. The van der Waals surface area contributed by atoms with Crippen molar-refractivity contribution in [3.05, 3.63) is 17.5 Å². The van der Waals surface area contributed by atoms with E-state index in [4.69, 9.17) is 5.11 Å². The molecular weight excluding hydrogens is 194 g/mol. The Morgan fingerprint density at radius 1 is 1.73 bits per heavy atom. The van der Waals surface area contributed by atoms with E-state index in [0.717, 1.165) is 5.69 Å². The lowest BCUT2D eigenvalue weighted by Crippen LogP contribution is -2.37. The molecule has 0 aliphatic heterocycles. The van der Waals surface area contributed by atoms with E-state index in [2.05, 4.69) is 10.4 Å². The molecule has 0 saturated carbocycles. The summed E-state index contributed by atoms with van der Waals surface area (Å²) in [5.74, 6) is -0.195. The minimum absolute atomic E-state index is 0.0426. The summed E-state index contributed by atoms with van der Waals surface area (Å²) < 4.78 is 1.54. The standard InChI is InChI=1S/C10H17N3O2/c1-4-8(6-14)11-10(15)9-5-7(2)12-13(9)3/h5,8,14H,4,6H2,1-3H3,(H,11,15)/t8-/m0/s1. The van der Waals surface area contributed by atoms with Gasteiger partial charge in [-0.25, -0.2) is 0 Å². The van der Waals surface area contributed by atoms with E-state index in [1.807, 2.05) is 13.8 Å². The Kier molecular flexibility index (Phi) is 3.85. The van der Waals surface area contributed by atoms with Gasteiger partial charge < -0.3 is 10.4 Å². The molecule has 0 fully saturated rings. The molecule has 2 N–H and O–H groups in total. The topological polar surface area (TPSA) is 67.2 Å². The maximum atomic E-state index is 11.7. The molecule has 0 unspecified atom stereocenters. The number of aliphatic hydroxyl groups excluding tert-OH is 1. The summed E-state index contributed by atoms with van der Waals surface area (Å²) >= 11 is 0. The molecule has 84 valence electrons. The lowest BCUT2D eigenvalue weighted by atomic mass is 10.2. The van der Waals surface area contributed by atoms with Crippen LogP contribution < -0.4 is 5.32 Å². The lowest BCUT2D eigenvalue weighted by Gasteiger charge is -2.13. The van der Waals surface area contributed by atoms with Crippen LogP contribution >= 0.6 is 0 Å².